The van der Waals surface area contributed by atoms with E-state index in [2.05, 4.69) is 0 Å². The van der Waals surface area contributed by atoms with E-state index < -0.39 is 4.92 Å². The summed E-state index contributed by atoms with van der Waals surface area (Å²) in [6.07, 6.45) is 0. The number of benzene rings is 2. The molecule has 21 heavy (non-hydrogen) atoms. The van der Waals surface area contributed by atoms with Crippen LogP contribution in [-0.4, -0.2) is 21.6 Å². The van der Waals surface area contributed by atoms with Gasteiger partial charge in [-0.05, 0) is 23.6 Å². The maximum Gasteiger partial charge on any atom is 0.284 e. The molecule has 0 amide bonds. The number of hydrogen-bond donors (Lipinski definition) is 0. The molecule has 0 bridgehead atoms. The molecule has 3 rings (SSSR count). The number of rotatable bonds is 3. The fourth-order valence-corrected chi connectivity index (χ4v) is 3.35. The molecule has 0 radical (unpaired) electrons. The summed E-state index contributed by atoms with van der Waals surface area (Å²) in [7, 11) is 0. The predicted molar refractivity (Wildman–Crippen MR) is 80.1 cm³/mol. The maximum absolute atomic E-state index is 12.1. The molecule has 0 N–H and O–H groups in total. The average molecular weight is 300 g/mol. The smallest absolute Gasteiger partial charge is 0.284 e. The van der Waals surface area contributed by atoms with Gasteiger partial charge in [0.25, 0.3) is 5.69 Å². The molecular formula is C15H12N2O3S. The van der Waals surface area contributed by atoms with Gasteiger partial charge >= 0.3 is 0 Å². The first kappa shape index (κ1) is 13.8. The molecule has 0 atom stereocenters. The molecular weight excluding hydrogens is 288 g/mol. The average Bonchev–Trinajstić information content (AvgIpc) is 2.47. The minimum absolute atomic E-state index is 0.0444. The van der Waals surface area contributed by atoms with Crippen molar-refractivity contribution in [3.05, 3.63) is 69.8 Å². The van der Waals surface area contributed by atoms with Gasteiger partial charge < -0.3 is 0 Å². The molecule has 1 aliphatic heterocycles. The summed E-state index contributed by atoms with van der Waals surface area (Å²) < 4.78 is 1.85. The van der Waals surface area contributed by atoms with E-state index >= 15 is 0 Å². The van der Waals surface area contributed by atoms with E-state index in [-0.39, 0.29) is 18.0 Å². The highest BCUT2D eigenvalue weighted by atomic mass is 32.2. The summed E-state index contributed by atoms with van der Waals surface area (Å²) in [6.45, 7) is 0.854. The number of Topliss-reactive ketones (excluding diaryl/α,β-unsaturated/α-hetero) is 1. The summed E-state index contributed by atoms with van der Waals surface area (Å²) >= 11 is 1.26. The Hall–Kier alpha value is -2.18. The second-order valence-corrected chi connectivity index (χ2v) is 5.83. The highest BCUT2D eigenvalue weighted by molar-refractivity contribution is 7.97. The molecule has 6 heteroatoms. The summed E-state index contributed by atoms with van der Waals surface area (Å²) in [4.78, 5) is 23.3. The SMILES string of the molecule is O=C1CN(Sc2ccccc2[N+](=O)[O-])Cc2ccccc21. The van der Waals surface area contributed by atoms with Crippen LogP contribution in [0.4, 0.5) is 5.69 Å². The highest BCUT2D eigenvalue weighted by Crippen LogP contribution is 2.34. The molecule has 0 aromatic heterocycles. The largest absolute Gasteiger partial charge is 0.293 e. The number of nitrogens with zero attached hydrogens (tertiary/aromatic N) is 2. The Morgan fingerprint density at radius 2 is 1.76 bits per heavy atom. The van der Waals surface area contributed by atoms with Crippen molar-refractivity contribution in [3.8, 4) is 0 Å². The van der Waals surface area contributed by atoms with Crippen LogP contribution in [-0.2, 0) is 6.54 Å². The third-order valence-electron chi connectivity index (χ3n) is 3.27. The minimum Gasteiger partial charge on any atom is -0.293 e. The lowest BCUT2D eigenvalue weighted by molar-refractivity contribution is -0.387. The van der Waals surface area contributed by atoms with Crippen LogP contribution in [0.2, 0.25) is 0 Å². The van der Waals surface area contributed by atoms with Crippen LogP contribution in [0.15, 0.2) is 53.4 Å². The lowest BCUT2D eigenvalue weighted by Gasteiger charge is -2.26. The Bertz CT molecular complexity index is 718. The van der Waals surface area contributed by atoms with Crippen LogP contribution < -0.4 is 0 Å². The van der Waals surface area contributed by atoms with E-state index in [0.717, 1.165) is 11.1 Å². The van der Waals surface area contributed by atoms with Gasteiger partial charge in [-0.2, -0.15) is 0 Å². The van der Waals surface area contributed by atoms with Gasteiger partial charge in [0.05, 0.1) is 11.5 Å². The zero-order valence-electron chi connectivity index (χ0n) is 11.1. The van der Waals surface area contributed by atoms with Gasteiger partial charge in [0.2, 0.25) is 0 Å². The Morgan fingerprint density at radius 3 is 2.57 bits per heavy atom. The maximum atomic E-state index is 12.1. The van der Waals surface area contributed by atoms with Crippen LogP contribution in [0.25, 0.3) is 0 Å². The van der Waals surface area contributed by atoms with Gasteiger partial charge in [-0.15, -0.1) is 0 Å². The Kier molecular flexibility index (Phi) is 3.72. The van der Waals surface area contributed by atoms with Crippen LogP contribution >= 0.6 is 11.9 Å². The number of nitro groups is 1. The standard InChI is InChI=1S/C15H12N2O3S/c18-14-10-16(9-11-5-1-2-6-12(11)14)21-15-8-4-3-7-13(15)17(19)20/h1-8H,9-10H2. The number of fused-ring (bicyclic) bond motifs is 1. The van der Waals surface area contributed by atoms with Gasteiger partial charge in [-0.1, -0.05) is 36.4 Å². The fourth-order valence-electron chi connectivity index (χ4n) is 2.31. The van der Waals surface area contributed by atoms with Gasteiger partial charge in [0.15, 0.2) is 5.78 Å². The molecule has 2 aromatic carbocycles. The lowest BCUT2D eigenvalue weighted by atomic mass is 10.0. The van der Waals surface area contributed by atoms with Crippen molar-refractivity contribution in [2.75, 3.05) is 6.54 Å². The Morgan fingerprint density at radius 1 is 1.05 bits per heavy atom. The van der Waals surface area contributed by atoms with Gasteiger partial charge in [0.1, 0.15) is 4.90 Å². The molecule has 0 saturated carbocycles. The molecule has 106 valence electrons. The number of nitro benzene ring substituents is 1. The number of para-hydroxylation sites is 1. The van der Waals surface area contributed by atoms with Gasteiger partial charge in [0, 0.05) is 18.2 Å². The fraction of sp³-hybridized carbons (Fsp3) is 0.133. The molecule has 0 aliphatic carbocycles. The van der Waals surface area contributed by atoms with Crippen LogP contribution in [0.5, 0.6) is 0 Å². The predicted octanol–water partition coefficient (Wildman–Crippen LogP) is 3.30. The van der Waals surface area contributed by atoms with E-state index in [0.29, 0.717) is 11.4 Å². The second-order valence-electron chi connectivity index (χ2n) is 4.69. The van der Waals surface area contributed by atoms with Crippen LogP contribution in [0.3, 0.4) is 0 Å². The molecule has 2 aromatic rings. The zero-order chi connectivity index (χ0) is 14.8. The normalized spacial score (nSPS) is 14.8. The van der Waals surface area contributed by atoms with Crippen molar-refractivity contribution < 1.29 is 9.72 Å². The van der Waals surface area contributed by atoms with Crippen molar-refractivity contribution in [1.29, 1.82) is 0 Å². The van der Waals surface area contributed by atoms with E-state index in [1.807, 2.05) is 28.6 Å². The van der Waals surface area contributed by atoms with E-state index in [4.69, 9.17) is 0 Å². The van der Waals surface area contributed by atoms with Gasteiger partial charge in [-0.3, -0.25) is 14.9 Å². The zero-order valence-corrected chi connectivity index (χ0v) is 11.9. The van der Waals surface area contributed by atoms with E-state index in [1.54, 1.807) is 18.2 Å². The quantitative estimate of drug-likeness (QED) is 0.494. The van der Waals surface area contributed by atoms with E-state index in [9.17, 15) is 14.9 Å². The lowest BCUT2D eigenvalue weighted by Crippen LogP contribution is -2.30. The molecule has 1 heterocycles. The first-order valence-electron chi connectivity index (χ1n) is 6.42. The molecule has 5 nitrogen and oxygen atoms in total. The molecule has 0 unspecified atom stereocenters. The topological polar surface area (TPSA) is 63.5 Å². The first-order valence-corrected chi connectivity index (χ1v) is 7.20. The number of ketones is 1. The van der Waals surface area contributed by atoms with Gasteiger partial charge in [-0.25, -0.2) is 4.31 Å². The highest BCUT2D eigenvalue weighted by Gasteiger charge is 2.25. The summed E-state index contributed by atoms with van der Waals surface area (Å²) in [6, 6.07) is 14.1. The number of carbonyl (C=O) groups excluding carboxylic acids is 1. The molecule has 0 fully saturated rings. The van der Waals surface area contributed by atoms with Crippen molar-refractivity contribution in [1.82, 2.24) is 4.31 Å². The monoisotopic (exact) mass is 300 g/mol. The van der Waals surface area contributed by atoms with Crippen molar-refractivity contribution in [2.24, 2.45) is 0 Å². The third-order valence-corrected chi connectivity index (χ3v) is 4.33. The minimum atomic E-state index is -0.401. The summed E-state index contributed by atoms with van der Waals surface area (Å²) in [5, 5.41) is 11.0. The Labute approximate surface area is 125 Å². The van der Waals surface area contributed by atoms with Crippen molar-refractivity contribution in [3.63, 3.8) is 0 Å². The molecule has 1 aliphatic rings. The van der Waals surface area contributed by atoms with Crippen LogP contribution in [0.1, 0.15) is 15.9 Å². The Balaban J connectivity index is 1.85. The first-order chi connectivity index (χ1) is 10.1. The molecule has 0 spiro atoms. The van der Waals surface area contributed by atoms with Crippen LogP contribution in [0, 0.1) is 10.1 Å². The second kappa shape index (κ2) is 5.67. The van der Waals surface area contributed by atoms with Crippen molar-refractivity contribution in [2.45, 2.75) is 11.4 Å². The van der Waals surface area contributed by atoms with Crippen molar-refractivity contribution >= 4 is 23.4 Å². The third kappa shape index (κ3) is 2.81. The summed E-state index contributed by atoms with van der Waals surface area (Å²) in [5.41, 5.74) is 1.77. The number of carbonyl (C=O) groups is 1. The number of hydrogen-bond acceptors (Lipinski definition) is 5. The summed E-state index contributed by atoms with van der Waals surface area (Å²) in [5.74, 6) is 0.0444. The molecule has 0 saturated heterocycles. The van der Waals surface area contributed by atoms with E-state index in [1.165, 1.54) is 18.0 Å².